The fourth-order valence-corrected chi connectivity index (χ4v) is 5.80. The van der Waals surface area contributed by atoms with Gasteiger partial charge < -0.3 is 29.9 Å². The minimum absolute atomic E-state index is 0.0793. The maximum Gasteiger partial charge on any atom is 0.409 e. The van der Waals surface area contributed by atoms with E-state index in [1.807, 2.05) is 49.1 Å². The molecule has 3 aliphatic rings. The van der Waals surface area contributed by atoms with E-state index in [0.717, 1.165) is 18.4 Å². The standard InChI is InChI=1S/C30H38N6O6/c1-3-5-15-42-30(41)35-13-11-34(12-14-35)28(38)22(4-2)32-27(37)23-16-24(33-26(31-23)19-9-7-6-8-10-19)36-17-20-21(18-36)25(20)29(39)40/h6-10,16,20-22,25H,3-5,11-15,17-18H2,1-2H3,(H,32,37)(H,39,40)/t20?,21?,22-,25?/m0/s1. The van der Waals surface area contributed by atoms with Gasteiger partial charge in [0.25, 0.3) is 5.91 Å². The normalized spacial score (nSPS) is 21.9. The lowest BCUT2D eigenvalue weighted by Crippen LogP contribution is -2.55. The van der Waals surface area contributed by atoms with Crippen molar-refractivity contribution in [1.82, 2.24) is 25.1 Å². The Morgan fingerprint density at radius 1 is 1.00 bits per heavy atom. The number of ether oxygens (including phenoxy) is 1. The zero-order valence-corrected chi connectivity index (χ0v) is 24.1. The average Bonchev–Trinajstić information content (AvgIpc) is 3.53. The van der Waals surface area contributed by atoms with E-state index in [2.05, 4.69) is 10.3 Å². The Bertz CT molecular complexity index is 1300. The quantitative estimate of drug-likeness (QED) is 0.406. The highest BCUT2D eigenvalue weighted by atomic mass is 16.6. The summed E-state index contributed by atoms with van der Waals surface area (Å²) in [6.07, 6.45) is 1.78. The second-order valence-electron chi connectivity index (χ2n) is 11.1. The third-order valence-corrected chi connectivity index (χ3v) is 8.37. The predicted molar refractivity (Wildman–Crippen MR) is 154 cm³/mol. The summed E-state index contributed by atoms with van der Waals surface area (Å²) in [6, 6.07) is 10.2. The lowest BCUT2D eigenvalue weighted by Gasteiger charge is -2.35. The van der Waals surface area contributed by atoms with Crippen LogP contribution in [0.1, 0.15) is 43.6 Å². The van der Waals surface area contributed by atoms with E-state index in [4.69, 9.17) is 9.72 Å². The molecule has 12 heteroatoms. The van der Waals surface area contributed by atoms with Crippen LogP contribution in [0.5, 0.6) is 0 Å². The van der Waals surface area contributed by atoms with Gasteiger partial charge in [-0.2, -0.15) is 0 Å². The van der Waals surface area contributed by atoms with Crippen LogP contribution in [-0.2, 0) is 14.3 Å². The van der Waals surface area contributed by atoms with Crippen molar-refractivity contribution in [2.24, 2.45) is 17.8 Å². The third-order valence-electron chi connectivity index (χ3n) is 8.37. The molecule has 12 nitrogen and oxygen atoms in total. The van der Waals surface area contributed by atoms with Gasteiger partial charge in [-0.15, -0.1) is 0 Å². The van der Waals surface area contributed by atoms with Crippen LogP contribution in [0.4, 0.5) is 10.6 Å². The molecule has 2 aromatic rings. The summed E-state index contributed by atoms with van der Waals surface area (Å²) >= 11 is 0. The summed E-state index contributed by atoms with van der Waals surface area (Å²) in [5.74, 6) is -0.665. The summed E-state index contributed by atoms with van der Waals surface area (Å²) in [4.78, 5) is 65.1. The monoisotopic (exact) mass is 578 g/mol. The number of unbranched alkanes of at least 4 members (excludes halogenated alkanes) is 1. The van der Waals surface area contributed by atoms with Crippen molar-refractivity contribution in [3.8, 4) is 11.4 Å². The van der Waals surface area contributed by atoms with E-state index in [-0.39, 0.29) is 35.4 Å². The van der Waals surface area contributed by atoms with Gasteiger partial charge in [0.2, 0.25) is 5.91 Å². The number of hydrogen-bond acceptors (Lipinski definition) is 8. The maximum atomic E-state index is 13.5. The van der Waals surface area contributed by atoms with Gasteiger partial charge >= 0.3 is 12.1 Å². The number of carboxylic acid groups (broad SMARTS) is 1. The molecular formula is C30H38N6O6. The number of rotatable bonds is 10. The smallest absolute Gasteiger partial charge is 0.409 e. The zero-order chi connectivity index (χ0) is 29.8. The van der Waals surface area contributed by atoms with Gasteiger partial charge in [0.1, 0.15) is 17.6 Å². The van der Waals surface area contributed by atoms with Crippen LogP contribution in [0.15, 0.2) is 36.4 Å². The van der Waals surface area contributed by atoms with E-state index >= 15 is 0 Å². The first-order valence-electron chi connectivity index (χ1n) is 14.7. The Morgan fingerprint density at radius 3 is 2.29 bits per heavy atom. The molecule has 3 amide bonds. The number of amides is 3. The molecule has 2 aliphatic heterocycles. The summed E-state index contributed by atoms with van der Waals surface area (Å²) in [7, 11) is 0. The minimum atomic E-state index is -0.763. The lowest BCUT2D eigenvalue weighted by molar-refractivity contribution is -0.139. The van der Waals surface area contributed by atoms with Crippen molar-refractivity contribution >= 4 is 29.7 Å². The largest absolute Gasteiger partial charge is 0.481 e. The Kier molecular flexibility index (Phi) is 8.89. The van der Waals surface area contributed by atoms with Gasteiger partial charge in [0.05, 0.1) is 12.5 Å². The molecule has 224 valence electrons. The number of anilines is 1. The number of fused-ring (bicyclic) bond motifs is 1. The fraction of sp³-hybridized carbons (Fsp3) is 0.533. The number of hydrogen-bond donors (Lipinski definition) is 2. The number of piperazine rings is 1. The van der Waals surface area contributed by atoms with Gasteiger partial charge in [0.15, 0.2) is 5.82 Å². The first-order chi connectivity index (χ1) is 20.3. The first-order valence-corrected chi connectivity index (χ1v) is 14.7. The minimum Gasteiger partial charge on any atom is -0.481 e. The molecule has 2 N–H and O–H groups in total. The highest BCUT2D eigenvalue weighted by Gasteiger charge is 2.60. The fourth-order valence-electron chi connectivity index (χ4n) is 5.80. The zero-order valence-electron chi connectivity index (χ0n) is 24.1. The number of nitrogens with one attached hydrogen (secondary N) is 1. The van der Waals surface area contributed by atoms with Crippen LogP contribution in [0.3, 0.4) is 0 Å². The lowest BCUT2D eigenvalue weighted by atomic mass is 10.1. The average molecular weight is 579 g/mol. The number of nitrogens with zero attached hydrogens (tertiary/aromatic N) is 5. The molecule has 3 heterocycles. The maximum absolute atomic E-state index is 13.5. The Hall–Kier alpha value is -4.22. The van der Waals surface area contributed by atoms with Crippen LogP contribution in [-0.4, -0.2) is 101 Å². The molecule has 1 aliphatic carbocycles. The molecule has 1 aromatic heterocycles. The van der Waals surface area contributed by atoms with E-state index in [1.54, 1.807) is 15.9 Å². The Balaban J connectivity index is 1.26. The van der Waals surface area contributed by atoms with Crippen molar-refractivity contribution in [3.05, 3.63) is 42.1 Å². The van der Waals surface area contributed by atoms with Gasteiger partial charge in [-0.1, -0.05) is 50.6 Å². The van der Waals surface area contributed by atoms with Crippen molar-refractivity contribution in [2.75, 3.05) is 50.8 Å². The van der Waals surface area contributed by atoms with E-state index in [9.17, 15) is 24.3 Å². The van der Waals surface area contributed by atoms with E-state index in [1.165, 1.54) is 0 Å². The van der Waals surface area contributed by atoms with Crippen LogP contribution in [0.25, 0.3) is 11.4 Å². The number of carboxylic acids is 1. The highest BCUT2D eigenvalue weighted by molar-refractivity contribution is 5.97. The van der Waals surface area contributed by atoms with Crippen LogP contribution in [0, 0.1) is 17.8 Å². The van der Waals surface area contributed by atoms with Crippen LogP contribution < -0.4 is 10.2 Å². The van der Waals surface area contributed by atoms with Crippen molar-refractivity contribution in [3.63, 3.8) is 0 Å². The molecule has 1 saturated carbocycles. The Morgan fingerprint density at radius 2 is 1.67 bits per heavy atom. The summed E-state index contributed by atoms with van der Waals surface area (Å²) < 4.78 is 5.28. The molecule has 2 unspecified atom stereocenters. The molecule has 3 fully saturated rings. The van der Waals surface area contributed by atoms with Crippen molar-refractivity contribution in [1.29, 1.82) is 0 Å². The second kappa shape index (κ2) is 12.7. The summed E-state index contributed by atoms with van der Waals surface area (Å²) in [5.41, 5.74) is 0.885. The van der Waals surface area contributed by atoms with E-state index in [0.29, 0.717) is 63.9 Å². The van der Waals surface area contributed by atoms with Crippen molar-refractivity contribution < 1.29 is 29.0 Å². The summed E-state index contributed by atoms with van der Waals surface area (Å²) in [5, 5.41) is 12.3. The number of aromatic nitrogens is 2. The second-order valence-corrected chi connectivity index (χ2v) is 11.1. The third kappa shape index (κ3) is 6.32. The number of carbonyl (C=O) groups is 4. The topological polar surface area (TPSA) is 145 Å². The Labute approximate surface area is 245 Å². The SMILES string of the molecule is CCCCOC(=O)N1CCN(C(=O)[C@H](CC)NC(=O)c2cc(N3CC4C(C3)C4C(=O)O)nc(-c3ccccc3)n2)CC1. The molecule has 2 saturated heterocycles. The molecule has 42 heavy (non-hydrogen) atoms. The number of aliphatic carboxylic acids is 1. The van der Waals surface area contributed by atoms with Gasteiger partial charge in [-0.05, 0) is 24.7 Å². The van der Waals surface area contributed by atoms with Gasteiger partial charge in [-0.3, -0.25) is 14.4 Å². The van der Waals surface area contributed by atoms with E-state index < -0.39 is 17.9 Å². The van der Waals surface area contributed by atoms with Gasteiger partial charge in [0, 0.05) is 50.9 Å². The number of benzene rings is 1. The van der Waals surface area contributed by atoms with Crippen LogP contribution in [0.2, 0.25) is 0 Å². The molecular weight excluding hydrogens is 540 g/mol. The van der Waals surface area contributed by atoms with Gasteiger partial charge in [-0.25, -0.2) is 14.8 Å². The molecule has 0 radical (unpaired) electrons. The predicted octanol–water partition coefficient (Wildman–Crippen LogP) is 2.50. The summed E-state index contributed by atoms with van der Waals surface area (Å²) in [6.45, 7) is 6.83. The molecule has 1 aromatic carbocycles. The van der Waals surface area contributed by atoms with Crippen molar-refractivity contribution in [2.45, 2.75) is 39.2 Å². The number of carbonyl (C=O) groups excluding carboxylic acids is 3. The molecule has 3 atom stereocenters. The number of piperidine rings is 1. The molecule has 0 spiro atoms. The highest BCUT2D eigenvalue weighted by Crippen LogP contribution is 2.52. The van der Waals surface area contributed by atoms with Crippen LogP contribution >= 0.6 is 0 Å². The first kappa shape index (κ1) is 29.3. The molecule has 5 rings (SSSR count). The molecule has 0 bridgehead atoms.